The van der Waals surface area contributed by atoms with Crippen LogP contribution >= 0.6 is 12.4 Å². The molecule has 0 unspecified atom stereocenters. The topological polar surface area (TPSA) is 64.0 Å². The Kier molecular flexibility index (Phi) is 7.59. The molecule has 2 aromatic carbocycles. The summed E-state index contributed by atoms with van der Waals surface area (Å²) in [6, 6.07) is 12.4. The maximum atomic E-state index is 13.4. The van der Waals surface area contributed by atoms with Crippen LogP contribution in [0.15, 0.2) is 53.6 Å². The molecule has 0 saturated carbocycles. The van der Waals surface area contributed by atoms with Gasteiger partial charge in [-0.1, -0.05) is 13.0 Å². The molecule has 0 radical (unpaired) electrons. The summed E-state index contributed by atoms with van der Waals surface area (Å²) in [7, 11) is -0.774. The summed E-state index contributed by atoms with van der Waals surface area (Å²) in [5.74, 6) is 0.869. The van der Waals surface area contributed by atoms with Crippen LogP contribution in [0.2, 0.25) is 0 Å². The van der Waals surface area contributed by atoms with Crippen LogP contribution in [0.25, 0.3) is 10.9 Å². The van der Waals surface area contributed by atoms with E-state index in [0.717, 1.165) is 50.2 Å². The number of nitrogens with zero attached hydrogens (tertiary/aromatic N) is 3. The number of anilines is 1. The second-order valence-corrected chi connectivity index (χ2v) is 9.49. The van der Waals surface area contributed by atoms with Crippen molar-refractivity contribution < 1.29 is 17.9 Å². The largest absolute Gasteiger partial charge is 0.493 e. The van der Waals surface area contributed by atoms with Gasteiger partial charge in [-0.15, -0.1) is 12.4 Å². The van der Waals surface area contributed by atoms with Crippen LogP contribution in [0.5, 0.6) is 11.5 Å². The summed E-state index contributed by atoms with van der Waals surface area (Å²) < 4.78 is 38.7. The quantitative estimate of drug-likeness (QED) is 0.513. The molecule has 0 amide bonds. The minimum absolute atomic E-state index is 0. The van der Waals surface area contributed by atoms with E-state index < -0.39 is 10.0 Å². The highest BCUT2D eigenvalue weighted by atomic mass is 35.5. The average molecular weight is 480 g/mol. The van der Waals surface area contributed by atoms with Crippen LogP contribution < -0.4 is 14.4 Å². The van der Waals surface area contributed by atoms with E-state index in [0.29, 0.717) is 17.0 Å². The van der Waals surface area contributed by atoms with Crippen molar-refractivity contribution in [3.8, 4) is 11.5 Å². The third-order valence-corrected chi connectivity index (χ3v) is 7.52. The molecule has 2 heterocycles. The number of hydrogen-bond acceptors (Lipinski definition) is 6. The molecule has 1 aliphatic rings. The van der Waals surface area contributed by atoms with Crippen molar-refractivity contribution in [3.05, 3.63) is 48.7 Å². The molecular formula is C23H30ClN3O4S. The van der Waals surface area contributed by atoms with Crippen LogP contribution in [0.3, 0.4) is 0 Å². The number of fused-ring (bicyclic) bond motifs is 1. The van der Waals surface area contributed by atoms with Crippen molar-refractivity contribution in [1.82, 2.24) is 8.87 Å². The van der Waals surface area contributed by atoms with Crippen LogP contribution in [0, 0.1) is 0 Å². The zero-order valence-electron chi connectivity index (χ0n) is 18.7. The predicted molar refractivity (Wildman–Crippen MR) is 130 cm³/mol. The minimum atomic E-state index is -3.79. The summed E-state index contributed by atoms with van der Waals surface area (Å²) in [5.41, 5.74) is 1.75. The van der Waals surface area contributed by atoms with Gasteiger partial charge in [0.05, 0.1) is 24.6 Å². The van der Waals surface area contributed by atoms with Crippen LogP contribution in [0.1, 0.15) is 13.3 Å². The highest BCUT2D eigenvalue weighted by molar-refractivity contribution is 7.90. The van der Waals surface area contributed by atoms with E-state index in [-0.39, 0.29) is 17.3 Å². The SMILES string of the molecule is CCCN1CCN(c2cccc3c2ccn3S(=O)(=O)c2ccc(OC)c(OC)c2)CC1.Cl. The van der Waals surface area contributed by atoms with Gasteiger partial charge in [0.1, 0.15) is 0 Å². The second kappa shape index (κ2) is 10.0. The Hall–Kier alpha value is -2.42. The third kappa shape index (κ3) is 4.40. The van der Waals surface area contributed by atoms with Crippen LogP contribution in [0.4, 0.5) is 5.69 Å². The lowest BCUT2D eigenvalue weighted by molar-refractivity contribution is 0.258. The number of piperazine rings is 1. The van der Waals surface area contributed by atoms with Gasteiger partial charge < -0.3 is 14.4 Å². The molecule has 0 bridgehead atoms. The molecule has 1 fully saturated rings. The van der Waals surface area contributed by atoms with E-state index in [1.54, 1.807) is 18.3 Å². The lowest BCUT2D eigenvalue weighted by atomic mass is 10.1. The summed E-state index contributed by atoms with van der Waals surface area (Å²) in [4.78, 5) is 4.98. The van der Waals surface area contributed by atoms with Gasteiger partial charge in [0.2, 0.25) is 0 Å². The third-order valence-electron chi connectivity index (χ3n) is 5.84. The van der Waals surface area contributed by atoms with Crippen molar-refractivity contribution in [2.24, 2.45) is 0 Å². The summed E-state index contributed by atoms with van der Waals surface area (Å²) in [5, 5.41) is 0.940. The molecule has 1 saturated heterocycles. The van der Waals surface area contributed by atoms with Gasteiger partial charge >= 0.3 is 0 Å². The summed E-state index contributed by atoms with van der Waals surface area (Å²) >= 11 is 0. The molecule has 1 aliphatic heterocycles. The number of methoxy groups -OCH3 is 2. The maximum absolute atomic E-state index is 13.4. The molecule has 0 N–H and O–H groups in total. The van der Waals surface area contributed by atoms with Crippen molar-refractivity contribution in [3.63, 3.8) is 0 Å². The van der Waals surface area contributed by atoms with Crippen molar-refractivity contribution in [2.75, 3.05) is 51.8 Å². The molecular weight excluding hydrogens is 450 g/mol. The number of benzene rings is 2. The fourth-order valence-corrected chi connectivity index (χ4v) is 5.59. The summed E-state index contributed by atoms with van der Waals surface area (Å²) in [6.45, 7) is 7.25. The molecule has 174 valence electrons. The number of ether oxygens (including phenoxy) is 2. The normalized spacial score (nSPS) is 14.9. The number of hydrogen-bond donors (Lipinski definition) is 0. The monoisotopic (exact) mass is 479 g/mol. The van der Waals surface area contributed by atoms with Gasteiger partial charge in [-0.05, 0) is 43.3 Å². The zero-order chi connectivity index (χ0) is 22.0. The minimum Gasteiger partial charge on any atom is -0.493 e. The Morgan fingerprint density at radius 3 is 2.31 bits per heavy atom. The first-order chi connectivity index (χ1) is 15.0. The van der Waals surface area contributed by atoms with E-state index >= 15 is 0 Å². The van der Waals surface area contributed by atoms with E-state index in [2.05, 4.69) is 22.8 Å². The van der Waals surface area contributed by atoms with Crippen LogP contribution in [-0.4, -0.2) is 64.2 Å². The number of aromatic nitrogens is 1. The van der Waals surface area contributed by atoms with Gasteiger partial charge in [-0.3, -0.25) is 4.90 Å². The Bertz CT molecular complexity index is 1170. The van der Waals surface area contributed by atoms with E-state index in [1.165, 1.54) is 24.3 Å². The number of halogens is 1. The zero-order valence-corrected chi connectivity index (χ0v) is 20.3. The highest BCUT2D eigenvalue weighted by Gasteiger charge is 2.23. The van der Waals surface area contributed by atoms with Gasteiger partial charge in [-0.2, -0.15) is 0 Å². The fraction of sp³-hybridized carbons (Fsp3) is 0.391. The molecule has 0 aliphatic carbocycles. The molecule has 9 heteroatoms. The molecule has 32 heavy (non-hydrogen) atoms. The lowest BCUT2D eigenvalue weighted by Gasteiger charge is -2.36. The second-order valence-electron chi connectivity index (χ2n) is 7.67. The first-order valence-electron chi connectivity index (χ1n) is 10.5. The van der Waals surface area contributed by atoms with Gasteiger partial charge in [0.15, 0.2) is 11.5 Å². The van der Waals surface area contributed by atoms with E-state index in [9.17, 15) is 8.42 Å². The van der Waals surface area contributed by atoms with Gasteiger partial charge in [0.25, 0.3) is 10.0 Å². The Balaban J connectivity index is 0.00000289. The lowest BCUT2D eigenvalue weighted by Crippen LogP contribution is -2.46. The molecule has 0 spiro atoms. The average Bonchev–Trinajstić information content (AvgIpc) is 3.24. The first kappa shape index (κ1) is 24.2. The highest BCUT2D eigenvalue weighted by Crippen LogP contribution is 2.33. The molecule has 1 aromatic heterocycles. The Morgan fingerprint density at radius 2 is 1.66 bits per heavy atom. The predicted octanol–water partition coefficient (Wildman–Crippen LogP) is 3.85. The molecule has 7 nitrogen and oxygen atoms in total. The standard InChI is InChI=1S/C23H29N3O4S.ClH/c1-4-11-24-13-15-25(16-14-24)20-6-5-7-21-19(20)10-12-26(21)31(27,28)18-8-9-22(29-2)23(17-18)30-3;/h5-10,12,17H,4,11,13-16H2,1-3H3;1H. The van der Waals surface area contributed by atoms with Gasteiger partial charge in [0, 0.05) is 49.5 Å². The maximum Gasteiger partial charge on any atom is 0.268 e. The molecule has 3 aromatic rings. The van der Waals surface area contributed by atoms with E-state index in [1.807, 2.05) is 18.2 Å². The Labute approximate surface area is 196 Å². The van der Waals surface area contributed by atoms with Gasteiger partial charge in [-0.25, -0.2) is 12.4 Å². The van der Waals surface area contributed by atoms with Crippen molar-refractivity contribution >= 4 is 39.0 Å². The first-order valence-corrected chi connectivity index (χ1v) is 12.0. The van der Waals surface area contributed by atoms with Crippen molar-refractivity contribution in [2.45, 2.75) is 18.2 Å². The summed E-state index contributed by atoms with van der Waals surface area (Å²) in [6.07, 6.45) is 2.79. The Morgan fingerprint density at radius 1 is 0.938 bits per heavy atom. The number of rotatable bonds is 7. The van der Waals surface area contributed by atoms with Crippen LogP contribution in [-0.2, 0) is 10.0 Å². The smallest absolute Gasteiger partial charge is 0.268 e. The molecule has 0 atom stereocenters. The van der Waals surface area contributed by atoms with E-state index in [4.69, 9.17) is 9.47 Å². The van der Waals surface area contributed by atoms with Crippen molar-refractivity contribution in [1.29, 1.82) is 0 Å². The fourth-order valence-electron chi connectivity index (χ4n) is 4.23. The molecule has 4 rings (SSSR count).